The first-order valence-corrected chi connectivity index (χ1v) is 5.07. The van der Waals surface area contributed by atoms with Gasteiger partial charge in [0.25, 0.3) is 0 Å². The molecule has 13 heavy (non-hydrogen) atoms. The molecule has 0 aromatic carbocycles. The Balaban J connectivity index is 1.84. The van der Waals surface area contributed by atoms with Crippen molar-refractivity contribution < 1.29 is 4.79 Å². The van der Waals surface area contributed by atoms with Gasteiger partial charge < -0.3 is 10.6 Å². The maximum atomic E-state index is 11.6. The molecule has 1 fully saturated rings. The second-order valence-corrected chi connectivity index (χ2v) is 3.78. The van der Waals surface area contributed by atoms with Crippen LogP contribution in [0.25, 0.3) is 0 Å². The zero-order chi connectivity index (χ0) is 9.10. The number of hydrogen-bond donors (Lipinski definition) is 2. The van der Waals surface area contributed by atoms with Gasteiger partial charge in [0, 0.05) is 18.2 Å². The highest BCUT2D eigenvalue weighted by Gasteiger charge is 2.21. The molecule has 0 unspecified atom stereocenters. The van der Waals surface area contributed by atoms with Crippen LogP contribution in [0.15, 0.2) is 11.6 Å². The summed E-state index contributed by atoms with van der Waals surface area (Å²) in [6.45, 7) is 1.78. The highest BCUT2D eigenvalue weighted by Crippen LogP contribution is 2.18. The Kier molecular flexibility index (Phi) is 2.64. The molecule has 2 N–H and O–H groups in total. The van der Waals surface area contributed by atoms with Crippen molar-refractivity contribution in [1.29, 1.82) is 0 Å². The molecule has 0 aromatic rings. The van der Waals surface area contributed by atoms with E-state index < -0.39 is 0 Å². The van der Waals surface area contributed by atoms with E-state index >= 15 is 0 Å². The second kappa shape index (κ2) is 3.92. The van der Waals surface area contributed by atoms with E-state index in [4.69, 9.17) is 0 Å². The minimum atomic E-state index is 0.159. The molecule has 0 saturated heterocycles. The van der Waals surface area contributed by atoms with Crippen LogP contribution in [-0.4, -0.2) is 25.0 Å². The van der Waals surface area contributed by atoms with Gasteiger partial charge in [0.1, 0.15) is 0 Å². The molecule has 1 heterocycles. The number of rotatable bonds is 2. The smallest absolute Gasteiger partial charge is 0.247 e. The Morgan fingerprint density at radius 1 is 1.54 bits per heavy atom. The molecule has 0 aromatic heterocycles. The molecule has 72 valence electrons. The van der Waals surface area contributed by atoms with E-state index in [1.54, 1.807) is 0 Å². The molecule has 2 rings (SSSR count). The van der Waals surface area contributed by atoms with Crippen molar-refractivity contribution in [2.75, 3.05) is 13.1 Å². The second-order valence-electron chi connectivity index (χ2n) is 3.78. The van der Waals surface area contributed by atoms with Crippen LogP contribution < -0.4 is 10.6 Å². The number of nitrogens with one attached hydrogen (secondary N) is 2. The van der Waals surface area contributed by atoms with Crippen molar-refractivity contribution in [2.45, 2.75) is 31.7 Å². The fraction of sp³-hybridized carbons (Fsp3) is 0.700. The minimum Gasteiger partial charge on any atom is -0.350 e. The molecule has 0 bridgehead atoms. The fourth-order valence-electron chi connectivity index (χ4n) is 1.66. The van der Waals surface area contributed by atoms with Crippen molar-refractivity contribution in [3.05, 3.63) is 11.6 Å². The van der Waals surface area contributed by atoms with E-state index in [1.807, 2.05) is 6.08 Å². The molecule has 1 saturated carbocycles. The maximum absolute atomic E-state index is 11.6. The quantitative estimate of drug-likeness (QED) is 0.652. The van der Waals surface area contributed by atoms with Crippen molar-refractivity contribution in [2.24, 2.45) is 0 Å². The van der Waals surface area contributed by atoms with Crippen molar-refractivity contribution >= 4 is 5.91 Å². The summed E-state index contributed by atoms with van der Waals surface area (Å²) in [5, 5.41) is 6.25. The van der Waals surface area contributed by atoms with Crippen LogP contribution >= 0.6 is 0 Å². The Morgan fingerprint density at radius 3 is 2.92 bits per heavy atom. The summed E-state index contributed by atoms with van der Waals surface area (Å²) in [6.07, 6.45) is 6.47. The van der Waals surface area contributed by atoms with Gasteiger partial charge in [-0.05, 0) is 32.2 Å². The lowest BCUT2D eigenvalue weighted by atomic mass is 9.92. The molecule has 2 aliphatic rings. The third kappa shape index (κ3) is 2.10. The summed E-state index contributed by atoms with van der Waals surface area (Å²) in [5.41, 5.74) is 0.964. The fourth-order valence-corrected chi connectivity index (χ4v) is 1.66. The molecule has 1 aliphatic heterocycles. The lowest BCUT2D eigenvalue weighted by Crippen LogP contribution is -2.41. The molecule has 0 radical (unpaired) electrons. The van der Waals surface area contributed by atoms with Gasteiger partial charge in [-0.15, -0.1) is 0 Å². The highest BCUT2D eigenvalue weighted by molar-refractivity contribution is 5.93. The topological polar surface area (TPSA) is 41.1 Å². The standard InChI is InChI=1S/C10H16N2O/c13-10(12-9-2-1-3-9)8-4-6-11-7-5-8/h4,9,11H,1-3,5-7H2,(H,12,13). The van der Waals surface area contributed by atoms with Crippen molar-refractivity contribution in [3.8, 4) is 0 Å². The average Bonchev–Trinajstić information content (AvgIpc) is 2.12. The number of amides is 1. The largest absolute Gasteiger partial charge is 0.350 e. The highest BCUT2D eigenvalue weighted by atomic mass is 16.1. The van der Waals surface area contributed by atoms with Crippen molar-refractivity contribution in [1.82, 2.24) is 10.6 Å². The van der Waals surface area contributed by atoms with Crippen LogP contribution in [0.5, 0.6) is 0 Å². The SMILES string of the molecule is O=C(NC1CCC1)C1=CCNCC1. The summed E-state index contributed by atoms with van der Waals surface area (Å²) in [4.78, 5) is 11.6. The molecule has 1 amide bonds. The van der Waals surface area contributed by atoms with E-state index in [-0.39, 0.29) is 5.91 Å². The van der Waals surface area contributed by atoms with E-state index in [9.17, 15) is 4.79 Å². The number of carbonyl (C=O) groups is 1. The summed E-state index contributed by atoms with van der Waals surface area (Å²) < 4.78 is 0. The molecule has 1 aliphatic carbocycles. The number of hydrogen-bond acceptors (Lipinski definition) is 2. The van der Waals surface area contributed by atoms with Crippen LogP contribution in [0.2, 0.25) is 0 Å². The Morgan fingerprint density at radius 2 is 2.38 bits per heavy atom. The van der Waals surface area contributed by atoms with Crippen LogP contribution in [-0.2, 0) is 4.79 Å². The average molecular weight is 180 g/mol. The van der Waals surface area contributed by atoms with E-state index in [0.29, 0.717) is 6.04 Å². The van der Waals surface area contributed by atoms with Crippen LogP contribution in [0.1, 0.15) is 25.7 Å². The van der Waals surface area contributed by atoms with Crippen LogP contribution in [0.4, 0.5) is 0 Å². The molecule has 3 heteroatoms. The van der Waals surface area contributed by atoms with E-state index in [0.717, 1.165) is 37.9 Å². The first kappa shape index (κ1) is 8.75. The van der Waals surface area contributed by atoms with Gasteiger partial charge in [-0.1, -0.05) is 6.08 Å². The van der Waals surface area contributed by atoms with Gasteiger partial charge in [0.05, 0.1) is 0 Å². The normalized spacial score (nSPS) is 23.2. The monoisotopic (exact) mass is 180 g/mol. The van der Waals surface area contributed by atoms with Gasteiger partial charge in [0.15, 0.2) is 0 Å². The zero-order valence-electron chi connectivity index (χ0n) is 7.81. The lowest BCUT2D eigenvalue weighted by Gasteiger charge is -2.27. The molecule has 0 atom stereocenters. The molecule has 0 spiro atoms. The Bertz CT molecular complexity index is 231. The molecular formula is C10H16N2O. The zero-order valence-corrected chi connectivity index (χ0v) is 7.81. The minimum absolute atomic E-state index is 0.159. The van der Waals surface area contributed by atoms with Gasteiger partial charge in [-0.25, -0.2) is 0 Å². The van der Waals surface area contributed by atoms with E-state index in [1.165, 1.54) is 6.42 Å². The summed E-state index contributed by atoms with van der Waals surface area (Å²) >= 11 is 0. The number of carbonyl (C=O) groups excluding carboxylic acids is 1. The maximum Gasteiger partial charge on any atom is 0.247 e. The third-order valence-electron chi connectivity index (χ3n) is 2.80. The van der Waals surface area contributed by atoms with Crippen LogP contribution in [0, 0.1) is 0 Å². The third-order valence-corrected chi connectivity index (χ3v) is 2.80. The summed E-state index contributed by atoms with van der Waals surface area (Å²) in [7, 11) is 0. The first-order chi connectivity index (χ1) is 6.36. The van der Waals surface area contributed by atoms with Crippen molar-refractivity contribution in [3.63, 3.8) is 0 Å². The van der Waals surface area contributed by atoms with Crippen LogP contribution in [0.3, 0.4) is 0 Å². The van der Waals surface area contributed by atoms with E-state index in [2.05, 4.69) is 10.6 Å². The van der Waals surface area contributed by atoms with Gasteiger partial charge in [0.2, 0.25) is 5.91 Å². The predicted octanol–water partition coefficient (Wildman–Crippen LogP) is 0.575. The van der Waals surface area contributed by atoms with Gasteiger partial charge >= 0.3 is 0 Å². The molecule has 3 nitrogen and oxygen atoms in total. The first-order valence-electron chi connectivity index (χ1n) is 5.07. The lowest BCUT2D eigenvalue weighted by molar-refractivity contribution is -0.118. The predicted molar refractivity (Wildman–Crippen MR) is 51.4 cm³/mol. The van der Waals surface area contributed by atoms with Gasteiger partial charge in [-0.2, -0.15) is 0 Å². The Labute approximate surface area is 78.6 Å². The summed E-state index contributed by atoms with van der Waals surface area (Å²) in [6, 6.07) is 0.461. The van der Waals surface area contributed by atoms with Gasteiger partial charge in [-0.3, -0.25) is 4.79 Å². The molecular weight excluding hydrogens is 164 g/mol. The summed E-state index contributed by atoms with van der Waals surface area (Å²) in [5.74, 6) is 0.159. The Hall–Kier alpha value is -0.830.